The summed E-state index contributed by atoms with van der Waals surface area (Å²) in [7, 11) is 0. The predicted molar refractivity (Wildman–Crippen MR) is 87.3 cm³/mol. The van der Waals surface area contributed by atoms with Crippen molar-refractivity contribution in [1.82, 2.24) is 20.3 Å². The Labute approximate surface area is 138 Å². The van der Waals surface area contributed by atoms with Gasteiger partial charge in [-0.2, -0.15) is 0 Å². The van der Waals surface area contributed by atoms with Gasteiger partial charge in [-0.05, 0) is 0 Å². The molecule has 0 spiro atoms. The van der Waals surface area contributed by atoms with Crippen molar-refractivity contribution in [1.29, 1.82) is 0 Å². The number of carbonyl (C=O) groups is 1. The largest absolute Gasteiger partial charge is 0.504 e. The third-order valence-electron chi connectivity index (χ3n) is 2.99. The van der Waals surface area contributed by atoms with Gasteiger partial charge in [-0.3, -0.25) is 0 Å². The number of H-pyrrole nitrogens is 1. The number of thioether (sulfide) groups is 1. The Bertz CT molecular complexity index is 847. The molecular formula is C13H12N4O4S2. The summed E-state index contributed by atoms with van der Waals surface area (Å²) in [4.78, 5) is 22.5. The number of nitrogens with one attached hydrogen (secondary N) is 2. The molecule has 0 aliphatic rings. The number of thiazole rings is 1. The third kappa shape index (κ3) is 3.17. The molecule has 0 aliphatic carbocycles. The zero-order valence-corrected chi connectivity index (χ0v) is 13.2. The molecule has 10 heteroatoms. The first-order valence-electron chi connectivity index (χ1n) is 6.49. The molecule has 2 heterocycles. The van der Waals surface area contributed by atoms with Gasteiger partial charge in [0.15, 0.2) is 17.3 Å². The van der Waals surface area contributed by atoms with E-state index in [1.54, 1.807) is 5.51 Å². The SMILES string of the molecule is O=C(O)NCCSc1c(O)c(O)cc2[nH]c(-c3cscn3)nc12. The van der Waals surface area contributed by atoms with Crippen LogP contribution in [0.1, 0.15) is 0 Å². The highest BCUT2D eigenvalue weighted by Crippen LogP contribution is 2.41. The van der Waals surface area contributed by atoms with Gasteiger partial charge in [0.25, 0.3) is 0 Å². The number of aromatic hydroxyl groups is 2. The number of nitrogens with zero attached hydrogens (tertiary/aromatic N) is 2. The lowest BCUT2D eigenvalue weighted by Gasteiger charge is -2.07. The first-order chi connectivity index (χ1) is 11.1. The third-order valence-corrected chi connectivity index (χ3v) is 4.66. The normalized spacial score (nSPS) is 11.0. The minimum Gasteiger partial charge on any atom is -0.504 e. The van der Waals surface area contributed by atoms with Crippen molar-refractivity contribution in [2.45, 2.75) is 4.90 Å². The van der Waals surface area contributed by atoms with E-state index in [0.29, 0.717) is 33.2 Å². The number of amides is 1. The molecule has 0 unspecified atom stereocenters. The average Bonchev–Trinajstić information content (AvgIpc) is 3.15. The molecule has 3 aromatic rings. The summed E-state index contributed by atoms with van der Waals surface area (Å²) in [6.45, 7) is 0.208. The highest BCUT2D eigenvalue weighted by molar-refractivity contribution is 7.99. The van der Waals surface area contributed by atoms with Crippen molar-refractivity contribution in [3.63, 3.8) is 0 Å². The fraction of sp³-hybridized carbons (Fsp3) is 0.154. The molecule has 1 aromatic carbocycles. The maximum Gasteiger partial charge on any atom is 0.404 e. The minimum absolute atomic E-state index is 0.208. The van der Waals surface area contributed by atoms with E-state index in [0.717, 1.165) is 0 Å². The number of hydrogen-bond donors (Lipinski definition) is 5. The Morgan fingerprint density at radius 2 is 2.26 bits per heavy atom. The van der Waals surface area contributed by atoms with E-state index < -0.39 is 6.09 Å². The predicted octanol–water partition coefficient (Wildman–Crippen LogP) is 2.46. The van der Waals surface area contributed by atoms with Gasteiger partial charge >= 0.3 is 6.09 Å². The monoisotopic (exact) mass is 352 g/mol. The van der Waals surface area contributed by atoms with Gasteiger partial charge in [0, 0.05) is 23.7 Å². The lowest BCUT2D eigenvalue weighted by Crippen LogP contribution is -2.23. The number of imidazole rings is 1. The lowest BCUT2D eigenvalue weighted by molar-refractivity contribution is 0.195. The number of phenols is 2. The molecule has 0 radical (unpaired) electrons. The van der Waals surface area contributed by atoms with Crippen LogP contribution in [0.4, 0.5) is 4.79 Å². The molecule has 23 heavy (non-hydrogen) atoms. The summed E-state index contributed by atoms with van der Waals surface area (Å²) >= 11 is 2.64. The van der Waals surface area contributed by atoms with Crippen molar-refractivity contribution in [3.8, 4) is 23.0 Å². The summed E-state index contributed by atoms with van der Waals surface area (Å²) < 4.78 is 0. The number of hydrogen-bond acceptors (Lipinski definition) is 7. The van der Waals surface area contributed by atoms with Crippen LogP contribution in [0.3, 0.4) is 0 Å². The van der Waals surface area contributed by atoms with Crippen molar-refractivity contribution in [2.75, 3.05) is 12.3 Å². The number of aromatic nitrogens is 3. The Kier molecular flexibility index (Phi) is 4.26. The Morgan fingerprint density at radius 1 is 1.43 bits per heavy atom. The fourth-order valence-electron chi connectivity index (χ4n) is 2.00. The van der Waals surface area contributed by atoms with E-state index >= 15 is 0 Å². The molecule has 0 bridgehead atoms. The van der Waals surface area contributed by atoms with Gasteiger partial charge in [-0.1, -0.05) is 0 Å². The van der Waals surface area contributed by atoms with E-state index in [-0.39, 0.29) is 18.0 Å². The number of phenolic OH excluding ortho intramolecular Hbond substituents is 2. The maximum atomic E-state index is 10.4. The van der Waals surface area contributed by atoms with Gasteiger partial charge in [0.05, 0.1) is 15.9 Å². The smallest absolute Gasteiger partial charge is 0.404 e. The Hall–Kier alpha value is -2.46. The first-order valence-corrected chi connectivity index (χ1v) is 8.42. The Balaban J connectivity index is 1.94. The number of benzene rings is 1. The van der Waals surface area contributed by atoms with Gasteiger partial charge in [0.1, 0.15) is 11.2 Å². The van der Waals surface area contributed by atoms with Crippen LogP contribution < -0.4 is 5.32 Å². The Morgan fingerprint density at radius 3 is 2.96 bits per heavy atom. The second kappa shape index (κ2) is 6.34. The minimum atomic E-state index is -1.11. The van der Waals surface area contributed by atoms with E-state index in [2.05, 4.69) is 20.3 Å². The van der Waals surface area contributed by atoms with Crippen molar-refractivity contribution >= 4 is 40.2 Å². The number of carboxylic acid groups (broad SMARTS) is 1. The van der Waals surface area contributed by atoms with Crippen LogP contribution in [-0.2, 0) is 0 Å². The van der Waals surface area contributed by atoms with E-state index in [1.165, 1.54) is 29.2 Å². The van der Waals surface area contributed by atoms with Crippen molar-refractivity contribution in [2.24, 2.45) is 0 Å². The molecule has 5 N–H and O–H groups in total. The molecule has 2 aromatic heterocycles. The quantitative estimate of drug-likeness (QED) is 0.271. The van der Waals surface area contributed by atoms with Crippen LogP contribution in [0, 0.1) is 0 Å². The molecule has 0 saturated heterocycles. The van der Waals surface area contributed by atoms with Crippen LogP contribution in [0.5, 0.6) is 11.5 Å². The summed E-state index contributed by atoms with van der Waals surface area (Å²) in [5.74, 6) is 0.391. The van der Waals surface area contributed by atoms with Gasteiger partial charge < -0.3 is 25.6 Å². The molecule has 0 aliphatic heterocycles. The topological polar surface area (TPSA) is 131 Å². The molecule has 120 valence electrons. The number of aromatic amines is 1. The maximum absolute atomic E-state index is 10.4. The van der Waals surface area contributed by atoms with Crippen LogP contribution in [0.15, 0.2) is 21.9 Å². The van der Waals surface area contributed by atoms with Crippen LogP contribution in [0.2, 0.25) is 0 Å². The van der Waals surface area contributed by atoms with Gasteiger partial charge in [0.2, 0.25) is 0 Å². The van der Waals surface area contributed by atoms with Crippen LogP contribution >= 0.6 is 23.1 Å². The first kappa shape index (κ1) is 15.4. The lowest BCUT2D eigenvalue weighted by atomic mass is 10.3. The second-order valence-electron chi connectivity index (χ2n) is 4.51. The summed E-state index contributed by atoms with van der Waals surface area (Å²) in [6.07, 6.45) is -1.11. The average molecular weight is 352 g/mol. The van der Waals surface area contributed by atoms with E-state index in [9.17, 15) is 15.0 Å². The van der Waals surface area contributed by atoms with Crippen molar-refractivity contribution < 1.29 is 20.1 Å². The highest BCUT2D eigenvalue weighted by Gasteiger charge is 2.17. The van der Waals surface area contributed by atoms with E-state index in [4.69, 9.17) is 5.11 Å². The fourth-order valence-corrected chi connectivity index (χ4v) is 3.47. The molecule has 1 amide bonds. The zero-order valence-electron chi connectivity index (χ0n) is 11.6. The van der Waals surface area contributed by atoms with Crippen LogP contribution in [0.25, 0.3) is 22.6 Å². The van der Waals surface area contributed by atoms with E-state index in [1.807, 2.05) is 5.38 Å². The molecular weight excluding hydrogens is 340 g/mol. The zero-order chi connectivity index (χ0) is 16.4. The van der Waals surface area contributed by atoms with Crippen LogP contribution in [-0.4, -0.2) is 48.7 Å². The van der Waals surface area contributed by atoms with Gasteiger partial charge in [-0.15, -0.1) is 23.1 Å². The summed E-state index contributed by atoms with van der Waals surface area (Å²) in [5, 5.41) is 32.5. The molecule has 3 rings (SSSR count). The highest BCUT2D eigenvalue weighted by atomic mass is 32.2. The molecule has 0 fully saturated rings. The van der Waals surface area contributed by atoms with Gasteiger partial charge in [-0.25, -0.2) is 14.8 Å². The van der Waals surface area contributed by atoms with Crippen molar-refractivity contribution in [3.05, 3.63) is 17.0 Å². The molecule has 0 saturated carbocycles. The second-order valence-corrected chi connectivity index (χ2v) is 6.33. The molecule has 0 atom stereocenters. The number of fused-ring (bicyclic) bond motifs is 1. The standard InChI is InChI=1S/C13H12N4O4S2/c18-8-3-6-9(17-12(16-6)7-4-22-5-15-7)11(10(8)19)23-2-1-14-13(20)21/h3-5,14,18-19H,1-2H2,(H,16,17)(H,20,21). The summed E-state index contributed by atoms with van der Waals surface area (Å²) in [5.41, 5.74) is 3.43. The molecule has 8 nitrogen and oxygen atoms in total. The number of rotatable bonds is 5. The summed E-state index contributed by atoms with van der Waals surface area (Å²) in [6, 6.07) is 1.40.